The quantitative estimate of drug-likeness (QED) is 0.504. The molecule has 0 aromatic rings. The Morgan fingerprint density at radius 2 is 2.10 bits per heavy atom. The average Bonchev–Trinajstić information content (AvgIpc) is 2.86. The van der Waals surface area contributed by atoms with Crippen LogP contribution in [-0.2, 0) is 9.53 Å². The van der Waals surface area contributed by atoms with E-state index in [0.29, 0.717) is 6.42 Å². The lowest BCUT2D eigenvalue weighted by Gasteiger charge is -2.17. The van der Waals surface area contributed by atoms with Gasteiger partial charge in [0.1, 0.15) is 5.40 Å². The predicted molar refractivity (Wildman–Crippen MR) is 83.9 cm³/mol. The van der Waals surface area contributed by atoms with E-state index < -0.39 is 5.56 Å². The number of nitriles is 1. The first kappa shape index (κ1) is 17.2. The molecule has 5 nitrogen and oxygen atoms in total. The van der Waals surface area contributed by atoms with E-state index in [9.17, 15) is 4.79 Å². The fourth-order valence-corrected chi connectivity index (χ4v) is 2.83. The van der Waals surface area contributed by atoms with E-state index in [1.165, 1.54) is 42.5 Å². The molecule has 20 heavy (non-hydrogen) atoms. The Labute approximate surface area is 129 Å². The molecule has 1 rings (SSSR count). The Morgan fingerprint density at radius 3 is 2.75 bits per heavy atom. The highest BCUT2D eigenvalue weighted by Gasteiger charge is 2.32. The van der Waals surface area contributed by atoms with Crippen LogP contribution in [-0.4, -0.2) is 28.0 Å². The van der Waals surface area contributed by atoms with Crippen molar-refractivity contribution >= 4 is 34.7 Å². The molecule has 1 heterocycles. The molecule has 0 saturated carbocycles. The maximum absolute atomic E-state index is 12.1. The lowest BCUT2D eigenvalue weighted by Crippen LogP contribution is -2.31. The standard InChI is InChI=1S/C13H21N3O2S2/c1-3-4-5-6-7-8-9-11(17)16-13(19-2)18-12(15-16)20-10-14/h13H,3-9H2,1-2H3. The van der Waals surface area contributed by atoms with Crippen molar-refractivity contribution in [1.29, 1.82) is 5.26 Å². The molecule has 1 aliphatic heterocycles. The number of ether oxygens (including phenoxy) is 1. The number of amides is 1. The largest absolute Gasteiger partial charge is 0.435 e. The topological polar surface area (TPSA) is 65.7 Å². The van der Waals surface area contributed by atoms with Gasteiger partial charge >= 0.3 is 0 Å². The summed E-state index contributed by atoms with van der Waals surface area (Å²) >= 11 is 2.24. The van der Waals surface area contributed by atoms with Crippen LogP contribution in [0, 0.1) is 10.7 Å². The minimum absolute atomic E-state index is 0.0339. The number of hydrogen-bond donors (Lipinski definition) is 0. The van der Waals surface area contributed by atoms with Crippen LogP contribution < -0.4 is 0 Å². The molecule has 7 heteroatoms. The summed E-state index contributed by atoms with van der Waals surface area (Å²) in [5.74, 6) is -0.0339. The highest BCUT2D eigenvalue weighted by molar-refractivity contribution is 8.17. The number of carbonyl (C=O) groups is 1. The fraction of sp³-hybridized carbons (Fsp3) is 0.769. The Morgan fingerprint density at radius 1 is 1.40 bits per heavy atom. The maximum Gasteiger partial charge on any atom is 0.285 e. The van der Waals surface area contributed by atoms with Gasteiger partial charge in [-0.3, -0.25) is 4.79 Å². The molecular weight excluding hydrogens is 294 g/mol. The summed E-state index contributed by atoms with van der Waals surface area (Å²) in [6.07, 6.45) is 9.22. The molecule has 0 spiro atoms. The second-order valence-corrected chi connectivity index (χ2v) is 6.09. The molecule has 0 aromatic carbocycles. The van der Waals surface area contributed by atoms with Crippen molar-refractivity contribution in [2.75, 3.05) is 6.26 Å². The van der Waals surface area contributed by atoms with E-state index in [2.05, 4.69) is 12.0 Å². The zero-order chi connectivity index (χ0) is 14.8. The summed E-state index contributed by atoms with van der Waals surface area (Å²) in [5.41, 5.74) is -0.432. The van der Waals surface area contributed by atoms with Crippen molar-refractivity contribution in [3.05, 3.63) is 0 Å². The van der Waals surface area contributed by atoms with Gasteiger partial charge in [-0.2, -0.15) is 10.3 Å². The number of unbranched alkanes of at least 4 members (excludes halogenated alkanes) is 5. The van der Waals surface area contributed by atoms with Gasteiger partial charge in [0.15, 0.2) is 0 Å². The first-order valence-corrected chi connectivity index (χ1v) is 8.99. The van der Waals surface area contributed by atoms with Gasteiger partial charge in [-0.25, -0.2) is 0 Å². The van der Waals surface area contributed by atoms with Crippen LogP contribution in [0.2, 0.25) is 0 Å². The van der Waals surface area contributed by atoms with Crippen molar-refractivity contribution in [2.45, 2.75) is 57.4 Å². The van der Waals surface area contributed by atoms with Crippen LogP contribution in [0.4, 0.5) is 0 Å². The molecule has 0 fully saturated rings. The van der Waals surface area contributed by atoms with Crippen LogP contribution in [0.25, 0.3) is 0 Å². The lowest BCUT2D eigenvalue weighted by atomic mass is 10.1. The van der Waals surface area contributed by atoms with Crippen LogP contribution in [0.15, 0.2) is 5.10 Å². The van der Waals surface area contributed by atoms with E-state index in [1.807, 2.05) is 11.7 Å². The first-order valence-electron chi connectivity index (χ1n) is 6.89. The van der Waals surface area contributed by atoms with Crippen molar-refractivity contribution in [1.82, 2.24) is 5.01 Å². The minimum atomic E-state index is -0.432. The average molecular weight is 315 g/mol. The molecule has 1 aliphatic rings. The minimum Gasteiger partial charge on any atom is -0.435 e. The zero-order valence-electron chi connectivity index (χ0n) is 12.0. The number of hydrazone groups is 1. The van der Waals surface area contributed by atoms with Gasteiger partial charge in [0, 0.05) is 6.42 Å². The Hall–Kier alpha value is -0.870. The number of thiocyanates is 1. The van der Waals surface area contributed by atoms with Crippen LogP contribution in [0.5, 0.6) is 0 Å². The van der Waals surface area contributed by atoms with Gasteiger partial charge in [0.05, 0.1) is 11.8 Å². The number of thioether (sulfide) groups is 2. The van der Waals surface area contributed by atoms with Gasteiger partial charge in [0.25, 0.3) is 5.23 Å². The van der Waals surface area contributed by atoms with Gasteiger partial charge < -0.3 is 4.74 Å². The predicted octanol–water partition coefficient (Wildman–Crippen LogP) is 3.73. The molecule has 1 atom stereocenters. The summed E-state index contributed by atoms with van der Waals surface area (Å²) in [6.45, 7) is 2.19. The first-order chi connectivity index (χ1) is 9.72. The number of nitrogens with zero attached hydrogens (tertiary/aromatic N) is 3. The molecule has 0 radical (unpaired) electrons. The molecule has 1 unspecified atom stereocenters. The van der Waals surface area contributed by atoms with Crippen molar-refractivity contribution in [2.24, 2.45) is 5.10 Å². The summed E-state index contributed by atoms with van der Waals surface area (Å²) < 4.78 is 5.40. The third kappa shape index (κ3) is 5.63. The van der Waals surface area contributed by atoms with Gasteiger partial charge in [0.2, 0.25) is 11.5 Å². The summed E-state index contributed by atoms with van der Waals surface area (Å²) in [7, 11) is 0. The van der Waals surface area contributed by atoms with E-state index >= 15 is 0 Å². The monoisotopic (exact) mass is 315 g/mol. The Kier molecular flexibility index (Phi) is 8.54. The van der Waals surface area contributed by atoms with Crippen LogP contribution in [0.1, 0.15) is 51.9 Å². The van der Waals surface area contributed by atoms with E-state index in [-0.39, 0.29) is 11.1 Å². The Balaban J connectivity index is 2.32. The highest BCUT2D eigenvalue weighted by atomic mass is 32.2. The molecule has 0 aliphatic carbocycles. The molecule has 0 bridgehead atoms. The smallest absolute Gasteiger partial charge is 0.285 e. The third-order valence-electron chi connectivity index (χ3n) is 2.93. The van der Waals surface area contributed by atoms with Gasteiger partial charge in [-0.15, -0.1) is 5.10 Å². The van der Waals surface area contributed by atoms with E-state index in [0.717, 1.165) is 24.6 Å². The second-order valence-electron chi connectivity index (χ2n) is 4.48. The highest BCUT2D eigenvalue weighted by Crippen LogP contribution is 2.26. The van der Waals surface area contributed by atoms with Gasteiger partial charge in [-0.1, -0.05) is 50.8 Å². The van der Waals surface area contributed by atoms with Crippen molar-refractivity contribution in [3.8, 4) is 5.40 Å². The van der Waals surface area contributed by atoms with E-state index in [4.69, 9.17) is 10.00 Å². The lowest BCUT2D eigenvalue weighted by molar-refractivity contribution is -0.134. The van der Waals surface area contributed by atoms with E-state index in [1.54, 1.807) is 0 Å². The fourth-order valence-electron chi connectivity index (χ4n) is 1.87. The van der Waals surface area contributed by atoms with Crippen LogP contribution in [0.3, 0.4) is 0 Å². The summed E-state index contributed by atoms with van der Waals surface area (Å²) in [4.78, 5) is 12.1. The summed E-state index contributed by atoms with van der Waals surface area (Å²) in [6, 6.07) is 0. The molecule has 1 amide bonds. The van der Waals surface area contributed by atoms with Crippen molar-refractivity contribution in [3.63, 3.8) is 0 Å². The number of hydrogen-bond acceptors (Lipinski definition) is 6. The number of carbonyl (C=O) groups excluding carboxylic acids is 1. The molecule has 0 aromatic heterocycles. The maximum atomic E-state index is 12.1. The van der Waals surface area contributed by atoms with Gasteiger partial charge in [-0.05, 0) is 12.7 Å². The second kappa shape index (κ2) is 9.94. The summed E-state index contributed by atoms with van der Waals surface area (Å²) in [5, 5.41) is 16.2. The Bertz CT molecular complexity index is 382. The number of rotatable bonds is 8. The molecule has 0 saturated heterocycles. The van der Waals surface area contributed by atoms with Crippen molar-refractivity contribution < 1.29 is 9.53 Å². The SMILES string of the molecule is CCCCCCCCC(=O)N1N=C(SC#N)OC1SC. The third-order valence-corrected chi connectivity index (χ3v) is 4.07. The normalized spacial score (nSPS) is 17.6. The zero-order valence-corrected chi connectivity index (χ0v) is 13.6. The molecule has 0 N–H and O–H groups in total. The van der Waals surface area contributed by atoms with Crippen LogP contribution >= 0.6 is 23.5 Å². The molecular formula is C13H21N3O2S2. The molecule has 112 valence electrons.